The molecular formula is C12H14ClNO2. The van der Waals surface area contributed by atoms with Gasteiger partial charge in [0.1, 0.15) is 5.75 Å². The lowest BCUT2D eigenvalue weighted by Gasteiger charge is -2.05. The minimum atomic E-state index is 0.120. The molecule has 16 heavy (non-hydrogen) atoms. The van der Waals surface area contributed by atoms with Crippen LogP contribution in [0.25, 0.3) is 11.0 Å². The number of phenolic OH excluding ortho intramolecular Hbond substituents is 1. The third kappa shape index (κ3) is 1.65. The largest absolute Gasteiger partial charge is 0.506 e. The van der Waals surface area contributed by atoms with Crippen molar-refractivity contribution >= 4 is 22.6 Å². The highest BCUT2D eigenvalue weighted by Gasteiger charge is 2.17. The first-order chi connectivity index (χ1) is 7.69. The van der Waals surface area contributed by atoms with Crippen LogP contribution in [0.1, 0.15) is 31.5 Å². The summed E-state index contributed by atoms with van der Waals surface area (Å²) in [6.07, 6.45) is 2.45. The van der Waals surface area contributed by atoms with Crippen molar-refractivity contribution < 1.29 is 9.63 Å². The smallest absolute Gasteiger partial charge is 0.174 e. The molecule has 0 atom stereocenters. The Morgan fingerprint density at radius 2 is 2.19 bits per heavy atom. The molecule has 0 bridgehead atoms. The predicted molar refractivity (Wildman–Crippen MR) is 64.1 cm³/mol. The highest BCUT2D eigenvalue weighted by Crippen LogP contribution is 2.36. The molecular weight excluding hydrogens is 226 g/mol. The van der Waals surface area contributed by atoms with Crippen LogP contribution < -0.4 is 0 Å². The van der Waals surface area contributed by atoms with E-state index in [-0.39, 0.29) is 5.75 Å². The monoisotopic (exact) mass is 239 g/mol. The molecule has 1 N–H and O–H groups in total. The number of fused-ring (bicyclic) bond motifs is 1. The molecule has 4 heteroatoms. The number of halogens is 1. The Kier molecular flexibility index (Phi) is 3.06. The molecule has 1 aromatic carbocycles. The van der Waals surface area contributed by atoms with E-state index < -0.39 is 0 Å². The van der Waals surface area contributed by atoms with Gasteiger partial charge in [0.15, 0.2) is 5.58 Å². The van der Waals surface area contributed by atoms with E-state index in [1.54, 1.807) is 6.07 Å². The number of aromatic hydroxyl groups is 1. The lowest BCUT2D eigenvalue weighted by atomic mass is 10.0. The molecule has 0 saturated carbocycles. The summed E-state index contributed by atoms with van der Waals surface area (Å²) in [4.78, 5) is 0. The fourth-order valence-corrected chi connectivity index (χ4v) is 2.10. The fraction of sp³-hybridized carbons (Fsp3) is 0.417. The summed E-state index contributed by atoms with van der Waals surface area (Å²) in [6, 6.07) is 1.72. The van der Waals surface area contributed by atoms with Crippen LogP contribution in [0.2, 0.25) is 5.02 Å². The van der Waals surface area contributed by atoms with E-state index in [4.69, 9.17) is 16.1 Å². The second kappa shape index (κ2) is 4.34. The minimum Gasteiger partial charge on any atom is -0.506 e. The van der Waals surface area contributed by atoms with Crippen LogP contribution in [0.15, 0.2) is 10.6 Å². The Morgan fingerprint density at radius 3 is 2.81 bits per heavy atom. The number of phenols is 1. The van der Waals surface area contributed by atoms with Crippen molar-refractivity contribution in [1.82, 2.24) is 5.16 Å². The number of aromatic nitrogens is 1. The van der Waals surface area contributed by atoms with Gasteiger partial charge in [-0.15, -0.1) is 0 Å². The number of aryl methyl sites for hydroxylation is 2. The Labute approximate surface area is 99.0 Å². The Balaban J connectivity index is 2.74. The Hall–Kier alpha value is -1.22. The van der Waals surface area contributed by atoms with Crippen LogP contribution >= 0.6 is 11.6 Å². The summed E-state index contributed by atoms with van der Waals surface area (Å²) in [5.41, 5.74) is 2.31. The van der Waals surface area contributed by atoms with E-state index in [1.807, 2.05) is 13.8 Å². The SMILES string of the molecule is CCCc1c(O)c(Cl)cc2c(CC)noc12. The van der Waals surface area contributed by atoms with Gasteiger partial charge < -0.3 is 9.63 Å². The first-order valence-electron chi connectivity index (χ1n) is 5.47. The maximum absolute atomic E-state index is 9.89. The molecule has 0 amide bonds. The zero-order valence-corrected chi connectivity index (χ0v) is 10.1. The lowest BCUT2D eigenvalue weighted by Crippen LogP contribution is -1.87. The first-order valence-corrected chi connectivity index (χ1v) is 5.85. The highest BCUT2D eigenvalue weighted by atomic mass is 35.5. The molecule has 0 radical (unpaired) electrons. The standard InChI is InChI=1S/C12H14ClNO2/c1-3-5-7-11(15)9(13)6-8-10(4-2)14-16-12(7)8/h6,15H,3-5H2,1-2H3. The van der Waals surface area contributed by atoms with E-state index in [0.29, 0.717) is 10.6 Å². The maximum atomic E-state index is 9.89. The number of rotatable bonds is 3. The van der Waals surface area contributed by atoms with Gasteiger partial charge in [0.05, 0.1) is 10.7 Å². The molecule has 1 aromatic heterocycles. The minimum absolute atomic E-state index is 0.120. The third-order valence-corrected chi connectivity index (χ3v) is 2.98. The summed E-state index contributed by atoms with van der Waals surface area (Å²) in [7, 11) is 0. The number of hydrogen-bond acceptors (Lipinski definition) is 3. The van der Waals surface area contributed by atoms with E-state index in [2.05, 4.69) is 5.16 Å². The fourth-order valence-electron chi connectivity index (χ4n) is 1.88. The quantitative estimate of drug-likeness (QED) is 0.888. The van der Waals surface area contributed by atoms with E-state index >= 15 is 0 Å². The van der Waals surface area contributed by atoms with Crippen molar-refractivity contribution in [2.24, 2.45) is 0 Å². The first kappa shape index (κ1) is 11.3. The van der Waals surface area contributed by atoms with Gasteiger partial charge >= 0.3 is 0 Å². The average Bonchev–Trinajstić information content (AvgIpc) is 2.67. The Morgan fingerprint density at radius 1 is 1.44 bits per heavy atom. The molecule has 3 nitrogen and oxygen atoms in total. The molecule has 2 rings (SSSR count). The van der Waals surface area contributed by atoms with Crippen molar-refractivity contribution in [2.45, 2.75) is 33.1 Å². The molecule has 2 aromatic rings. The highest BCUT2D eigenvalue weighted by molar-refractivity contribution is 6.33. The summed E-state index contributed by atoms with van der Waals surface area (Å²) in [5, 5.41) is 15.2. The summed E-state index contributed by atoms with van der Waals surface area (Å²) in [5.74, 6) is 0.120. The molecule has 0 saturated heterocycles. The molecule has 0 aliphatic rings. The van der Waals surface area contributed by atoms with Crippen LogP contribution in [0, 0.1) is 0 Å². The number of benzene rings is 1. The van der Waals surface area contributed by atoms with E-state index in [9.17, 15) is 5.11 Å². The van der Waals surface area contributed by atoms with Gasteiger partial charge in [-0.25, -0.2) is 0 Å². The molecule has 0 fully saturated rings. The molecule has 1 heterocycles. The summed E-state index contributed by atoms with van der Waals surface area (Å²) < 4.78 is 5.29. The van der Waals surface area contributed by atoms with Crippen LogP contribution in [-0.2, 0) is 12.8 Å². The zero-order valence-electron chi connectivity index (χ0n) is 9.38. The van der Waals surface area contributed by atoms with Crippen LogP contribution in [0.3, 0.4) is 0 Å². The third-order valence-electron chi connectivity index (χ3n) is 2.69. The second-order valence-corrected chi connectivity index (χ2v) is 4.20. The summed E-state index contributed by atoms with van der Waals surface area (Å²) >= 11 is 5.99. The van der Waals surface area contributed by atoms with Gasteiger partial charge in [0.2, 0.25) is 0 Å². The van der Waals surface area contributed by atoms with E-state index in [0.717, 1.165) is 35.9 Å². The molecule has 86 valence electrons. The van der Waals surface area contributed by atoms with Gasteiger partial charge in [-0.05, 0) is 18.9 Å². The average molecular weight is 240 g/mol. The van der Waals surface area contributed by atoms with Crippen molar-refractivity contribution in [2.75, 3.05) is 0 Å². The number of nitrogens with zero attached hydrogens (tertiary/aromatic N) is 1. The molecule has 0 unspecified atom stereocenters. The van der Waals surface area contributed by atoms with Crippen molar-refractivity contribution in [3.8, 4) is 5.75 Å². The predicted octanol–water partition coefficient (Wildman–Crippen LogP) is 3.70. The van der Waals surface area contributed by atoms with Crippen molar-refractivity contribution in [3.63, 3.8) is 0 Å². The molecule has 0 aliphatic carbocycles. The Bertz CT molecular complexity index is 519. The van der Waals surface area contributed by atoms with Crippen molar-refractivity contribution in [1.29, 1.82) is 0 Å². The van der Waals surface area contributed by atoms with Crippen LogP contribution in [0.4, 0.5) is 0 Å². The summed E-state index contributed by atoms with van der Waals surface area (Å²) in [6.45, 7) is 4.06. The lowest BCUT2D eigenvalue weighted by molar-refractivity contribution is 0.436. The van der Waals surface area contributed by atoms with Crippen LogP contribution in [-0.4, -0.2) is 10.3 Å². The number of hydrogen-bond donors (Lipinski definition) is 1. The van der Waals surface area contributed by atoms with Gasteiger partial charge in [-0.1, -0.05) is 37.0 Å². The van der Waals surface area contributed by atoms with Gasteiger partial charge in [-0.3, -0.25) is 0 Å². The van der Waals surface area contributed by atoms with Gasteiger partial charge in [0.25, 0.3) is 0 Å². The normalized spacial score (nSPS) is 11.2. The topological polar surface area (TPSA) is 46.3 Å². The maximum Gasteiger partial charge on any atom is 0.174 e. The van der Waals surface area contributed by atoms with Gasteiger partial charge in [-0.2, -0.15) is 0 Å². The zero-order chi connectivity index (χ0) is 11.7. The molecule has 0 aliphatic heterocycles. The molecule has 0 spiro atoms. The van der Waals surface area contributed by atoms with E-state index in [1.165, 1.54) is 0 Å². The van der Waals surface area contributed by atoms with Crippen LogP contribution in [0.5, 0.6) is 5.75 Å². The van der Waals surface area contributed by atoms with Gasteiger partial charge in [0, 0.05) is 10.9 Å². The second-order valence-electron chi connectivity index (χ2n) is 3.80. The van der Waals surface area contributed by atoms with Crippen molar-refractivity contribution in [3.05, 3.63) is 22.3 Å².